The van der Waals surface area contributed by atoms with Gasteiger partial charge in [-0.2, -0.15) is 0 Å². The molecule has 4 aliphatic rings. The van der Waals surface area contributed by atoms with Crippen LogP contribution in [0.15, 0.2) is 0 Å². The van der Waals surface area contributed by atoms with E-state index in [9.17, 15) is 15.0 Å². The average Bonchev–Trinajstić information content (AvgIpc) is 3.08. The minimum Gasteiger partial charge on any atom is -0.469 e. The van der Waals surface area contributed by atoms with Crippen LogP contribution in [-0.4, -0.2) is 48.1 Å². The molecule has 4 fully saturated rings. The van der Waals surface area contributed by atoms with Crippen LogP contribution in [-0.2, 0) is 9.53 Å². The first-order chi connectivity index (χ1) is 14.6. The van der Waals surface area contributed by atoms with Gasteiger partial charge in [0, 0.05) is 6.04 Å². The van der Waals surface area contributed by atoms with E-state index in [1.165, 1.54) is 13.5 Å². The number of rotatable bonds is 5. The number of hydrogen-bond donors (Lipinski definition) is 3. The SMILES string of the molecule is COC(=O)[C@H]1CC[C@H]2[C@@H]3CCC4C[C@H](O)[C@@H](O)C(NCCC(C)C)[C@]4(C)[C@H]3CC[C@]12C. The number of carbonyl (C=O) groups excluding carboxylic acids is 1. The van der Waals surface area contributed by atoms with E-state index >= 15 is 0 Å². The van der Waals surface area contributed by atoms with Crippen LogP contribution in [0.2, 0.25) is 0 Å². The van der Waals surface area contributed by atoms with E-state index in [0.29, 0.717) is 29.6 Å². The molecule has 5 heteroatoms. The highest BCUT2D eigenvalue weighted by Crippen LogP contribution is 2.67. The highest BCUT2D eigenvalue weighted by molar-refractivity contribution is 5.73. The Balaban J connectivity index is 1.61. The molecule has 4 saturated carbocycles. The Kier molecular flexibility index (Phi) is 6.53. The zero-order chi connectivity index (χ0) is 22.6. The van der Waals surface area contributed by atoms with E-state index in [1.807, 2.05) is 0 Å². The van der Waals surface area contributed by atoms with E-state index in [2.05, 4.69) is 33.0 Å². The van der Waals surface area contributed by atoms with E-state index in [-0.39, 0.29) is 28.8 Å². The quantitative estimate of drug-likeness (QED) is 0.573. The summed E-state index contributed by atoms with van der Waals surface area (Å²) in [7, 11) is 1.53. The van der Waals surface area contributed by atoms with Crippen molar-refractivity contribution in [3.8, 4) is 0 Å². The first-order valence-electron chi connectivity index (χ1n) is 12.8. The predicted molar refractivity (Wildman–Crippen MR) is 121 cm³/mol. The number of methoxy groups -OCH3 is 1. The molecular formula is C26H45NO4. The summed E-state index contributed by atoms with van der Waals surface area (Å²) in [6.45, 7) is 10.1. The summed E-state index contributed by atoms with van der Waals surface area (Å²) >= 11 is 0. The minimum absolute atomic E-state index is 0.0107. The van der Waals surface area contributed by atoms with Gasteiger partial charge >= 0.3 is 5.97 Å². The maximum absolute atomic E-state index is 12.5. The van der Waals surface area contributed by atoms with Gasteiger partial charge in [0.05, 0.1) is 25.2 Å². The normalized spacial score (nSPS) is 49.3. The van der Waals surface area contributed by atoms with Crippen molar-refractivity contribution in [3.05, 3.63) is 0 Å². The summed E-state index contributed by atoms with van der Waals surface area (Å²) in [4.78, 5) is 12.5. The molecule has 178 valence electrons. The van der Waals surface area contributed by atoms with Crippen LogP contribution in [0.1, 0.15) is 79.1 Å². The lowest BCUT2D eigenvalue weighted by molar-refractivity contribution is -0.181. The maximum Gasteiger partial charge on any atom is 0.309 e. The number of aliphatic hydroxyl groups is 2. The molecule has 4 aliphatic carbocycles. The van der Waals surface area contributed by atoms with Crippen molar-refractivity contribution in [2.75, 3.05) is 13.7 Å². The predicted octanol–water partition coefficient (Wildman–Crippen LogP) is 3.76. The zero-order valence-corrected chi connectivity index (χ0v) is 20.3. The molecule has 0 bridgehead atoms. The van der Waals surface area contributed by atoms with Gasteiger partial charge in [-0.05, 0) is 98.3 Å². The van der Waals surface area contributed by atoms with E-state index in [0.717, 1.165) is 51.5 Å². The van der Waals surface area contributed by atoms with Gasteiger partial charge in [-0.15, -0.1) is 0 Å². The molecular weight excluding hydrogens is 390 g/mol. The lowest BCUT2D eigenvalue weighted by Crippen LogP contribution is -2.68. The van der Waals surface area contributed by atoms with Gasteiger partial charge in [-0.25, -0.2) is 0 Å². The van der Waals surface area contributed by atoms with Crippen LogP contribution in [0.25, 0.3) is 0 Å². The van der Waals surface area contributed by atoms with Crippen LogP contribution in [0, 0.1) is 46.3 Å². The minimum atomic E-state index is -0.702. The number of hydrogen-bond acceptors (Lipinski definition) is 5. The molecule has 2 unspecified atom stereocenters. The van der Waals surface area contributed by atoms with Gasteiger partial charge in [-0.1, -0.05) is 27.7 Å². The first-order valence-corrected chi connectivity index (χ1v) is 12.8. The molecule has 0 heterocycles. The van der Waals surface area contributed by atoms with Crippen LogP contribution < -0.4 is 5.32 Å². The van der Waals surface area contributed by atoms with Gasteiger partial charge in [0.1, 0.15) is 0 Å². The molecule has 5 nitrogen and oxygen atoms in total. The third-order valence-electron chi connectivity index (χ3n) is 10.5. The summed E-state index contributed by atoms with van der Waals surface area (Å²) in [6, 6.07) is -0.0602. The Labute approximate surface area is 188 Å². The van der Waals surface area contributed by atoms with Crippen molar-refractivity contribution in [1.82, 2.24) is 5.32 Å². The largest absolute Gasteiger partial charge is 0.469 e. The fraction of sp³-hybridized carbons (Fsp3) is 0.962. The van der Waals surface area contributed by atoms with Crippen LogP contribution in [0.3, 0.4) is 0 Å². The smallest absolute Gasteiger partial charge is 0.309 e. The average molecular weight is 436 g/mol. The Bertz CT molecular complexity index is 668. The van der Waals surface area contributed by atoms with E-state index in [4.69, 9.17) is 4.74 Å². The lowest BCUT2D eigenvalue weighted by atomic mass is 9.43. The molecule has 10 atom stereocenters. The Morgan fingerprint density at radius 1 is 1.10 bits per heavy atom. The van der Waals surface area contributed by atoms with E-state index < -0.39 is 12.2 Å². The zero-order valence-electron chi connectivity index (χ0n) is 20.3. The van der Waals surface area contributed by atoms with Gasteiger partial charge in [-0.3, -0.25) is 4.79 Å². The van der Waals surface area contributed by atoms with Crippen LogP contribution in [0.4, 0.5) is 0 Å². The molecule has 31 heavy (non-hydrogen) atoms. The molecule has 0 saturated heterocycles. The highest BCUT2D eigenvalue weighted by atomic mass is 16.5. The van der Waals surface area contributed by atoms with Crippen LogP contribution >= 0.6 is 0 Å². The number of nitrogens with one attached hydrogen (secondary N) is 1. The van der Waals surface area contributed by atoms with E-state index in [1.54, 1.807) is 0 Å². The van der Waals surface area contributed by atoms with Crippen molar-refractivity contribution in [2.45, 2.75) is 97.3 Å². The Morgan fingerprint density at radius 2 is 1.84 bits per heavy atom. The molecule has 0 aromatic heterocycles. The molecule has 0 aromatic rings. The Hall–Kier alpha value is -0.650. The Morgan fingerprint density at radius 3 is 2.52 bits per heavy atom. The van der Waals surface area contributed by atoms with Crippen molar-refractivity contribution in [3.63, 3.8) is 0 Å². The molecule has 0 aromatic carbocycles. The summed E-state index contributed by atoms with van der Waals surface area (Å²) in [5, 5.41) is 25.5. The van der Waals surface area contributed by atoms with Crippen molar-refractivity contribution >= 4 is 5.97 Å². The van der Waals surface area contributed by atoms with Crippen LogP contribution in [0.5, 0.6) is 0 Å². The number of esters is 1. The molecule has 0 radical (unpaired) electrons. The third kappa shape index (κ3) is 3.67. The van der Waals surface area contributed by atoms with Gasteiger partial charge < -0.3 is 20.3 Å². The lowest BCUT2D eigenvalue weighted by Gasteiger charge is -2.64. The van der Waals surface area contributed by atoms with Crippen molar-refractivity contribution in [2.24, 2.45) is 46.3 Å². The second-order valence-electron chi connectivity index (χ2n) is 12.1. The second-order valence-corrected chi connectivity index (χ2v) is 12.1. The molecule has 0 amide bonds. The number of aliphatic hydroxyl groups excluding tert-OH is 2. The van der Waals surface area contributed by atoms with Crippen molar-refractivity contribution < 1.29 is 19.7 Å². The monoisotopic (exact) mass is 435 g/mol. The molecule has 0 spiro atoms. The summed E-state index contributed by atoms with van der Waals surface area (Å²) in [6.07, 6.45) is 7.04. The number of carbonyl (C=O) groups is 1. The molecule has 0 aliphatic heterocycles. The maximum atomic E-state index is 12.5. The topological polar surface area (TPSA) is 78.8 Å². The van der Waals surface area contributed by atoms with Gasteiger partial charge in [0.2, 0.25) is 0 Å². The van der Waals surface area contributed by atoms with Crippen molar-refractivity contribution in [1.29, 1.82) is 0 Å². The third-order valence-corrected chi connectivity index (χ3v) is 10.5. The molecule has 4 rings (SSSR count). The standard InChI is InChI=1S/C26H45NO4/c1-15(2)11-13-27-23-22(29)21(28)14-16-6-7-17-18-8-9-20(24(30)31-5)25(18,3)12-10-19(17)26(16,23)4/h15-23,27-29H,6-14H2,1-5H3/t16?,17-,18-,19-,20+,21-,22+,23?,25-,26-/m0/s1. The summed E-state index contributed by atoms with van der Waals surface area (Å²) in [5.41, 5.74) is 0.0358. The second kappa shape index (κ2) is 8.61. The molecule has 3 N–H and O–H groups in total. The summed E-state index contributed by atoms with van der Waals surface area (Å²) in [5.74, 6) is 2.79. The fourth-order valence-electron chi connectivity index (χ4n) is 8.74. The number of ether oxygens (including phenoxy) is 1. The first kappa shape index (κ1) is 23.5. The number of fused-ring (bicyclic) bond motifs is 5. The summed E-state index contributed by atoms with van der Waals surface area (Å²) < 4.78 is 5.19. The highest BCUT2D eigenvalue weighted by Gasteiger charge is 2.64. The fourth-order valence-corrected chi connectivity index (χ4v) is 8.74. The van der Waals surface area contributed by atoms with Gasteiger partial charge in [0.15, 0.2) is 0 Å². The van der Waals surface area contributed by atoms with Gasteiger partial charge in [0.25, 0.3) is 0 Å².